The molecule has 0 aliphatic rings. The van der Waals surface area contributed by atoms with Gasteiger partial charge in [-0.25, -0.2) is 4.79 Å². The molecule has 2 aromatic carbocycles. The van der Waals surface area contributed by atoms with Crippen LogP contribution in [-0.4, -0.2) is 37.3 Å². The number of amides is 2. The topological polar surface area (TPSA) is 76.7 Å². The quantitative estimate of drug-likeness (QED) is 0.685. The van der Waals surface area contributed by atoms with Gasteiger partial charge in [-0.05, 0) is 38.0 Å². The summed E-state index contributed by atoms with van der Waals surface area (Å²) in [6.07, 6.45) is 0.228. The second-order valence-electron chi connectivity index (χ2n) is 7.34. The van der Waals surface area contributed by atoms with E-state index in [4.69, 9.17) is 9.47 Å². The Morgan fingerprint density at radius 2 is 1.54 bits per heavy atom. The van der Waals surface area contributed by atoms with Crippen molar-refractivity contribution in [2.45, 2.75) is 32.8 Å². The monoisotopic (exact) mass is 384 g/mol. The molecule has 0 fully saturated rings. The third-order valence-corrected chi connectivity index (χ3v) is 3.68. The molecule has 2 aromatic rings. The second-order valence-corrected chi connectivity index (χ2v) is 7.34. The van der Waals surface area contributed by atoms with Gasteiger partial charge in [0, 0.05) is 19.5 Å². The Kier molecular flexibility index (Phi) is 7.87. The summed E-state index contributed by atoms with van der Waals surface area (Å²) in [5.41, 5.74) is 1.65. The standard InChI is InChI=1S/C22H28N2O4/c1-22(2,3)28-21(26)24-14-13-23-20(25)16-27-19-12-8-7-11-18(19)15-17-9-5-4-6-10-17/h4-12H,13-16H2,1-3H3,(H,23,25)(H,24,26). The minimum absolute atomic E-state index is 0.0851. The Hall–Kier alpha value is -3.02. The second kappa shape index (κ2) is 10.3. The molecule has 0 saturated carbocycles. The SMILES string of the molecule is CC(C)(C)OC(=O)NCCNC(=O)COc1ccccc1Cc1ccccc1. The highest BCUT2D eigenvalue weighted by molar-refractivity contribution is 5.77. The van der Waals surface area contributed by atoms with Gasteiger partial charge >= 0.3 is 6.09 Å². The largest absolute Gasteiger partial charge is 0.483 e. The molecule has 2 rings (SSSR count). The van der Waals surface area contributed by atoms with Crippen molar-refractivity contribution >= 4 is 12.0 Å². The van der Waals surface area contributed by atoms with E-state index in [1.807, 2.05) is 42.5 Å². The van der Waals surface area contributed by atoms with Gasteiger partial charge in [0.1, 0.15) is 11.4 Å². The van der Waals surface area contributed by atoms with Crippen molar-refractivity contribution in [3.05, 3.63) is 65.7 Å². The minimum Gasteiger partial charge on any atom is -0.483 e. The van der Waals surface area contributed by atoms with Crippen molar-refractivity contribution in [2.24, 2.45) is 0 Å². The van der Waals surface area contributed by atoms with Crippen LogP contribution in [0.25, 0.3) is 0 Å². The number of carbonyl (C=O) groups is 2. The maximum Gasteiger partial charge on any atom is 0.407 e. The molecule has 0 aliphatic heterocycles. The van der Waals surface area contributed by atoms with E-state index in [0.29, 0.717) is 12.3 Å². The Morgan fingerprint density at radius 3 is 2.25 bits per heavy atom. The molecule has 0 radical (unpaired) electrons. The van der Waals surface area contributed by atoms with E-state index < -0.39 is 11.7 Å². The summed E-state index contributed by atoms with van der Waals surface area (Å²) in [6, 6.07) is 17.8. The van der Waals surface area contributed by atoms with Gasteiger partial charge in [0.2, 0.25) is 0 Å². The van der Waals surface area contributed by atoms with Crippen molar-refractivity contribution in [1.82, 2.24) is 10.6 Å². The summed E-state index contributed by atoms with van der Waals surface area (Å²) in [5, 5.41) is 5.29. The molecule has 0 aromatic heterocycles. The van der Waals surface area contributed by atoms with E-state index in [-0.39, 0.29) is 19.1 Å². The maximum absolute atomic E-state index is 12.0. The highest BCUT2D eigenvalue weighted by atomic mass is 16.6. The number of carbonyl (C=O) groups excluding carboxylic acids is 2. The van der Waals surface area contributed by atoms with Crippen LogP contribution in [0.15, 0.2) is 54.6 Å². The van der Waals surface area contributed by atoms with E-state index >= 15 is 0 Å². The fourth-order valence-electron chi connectivity index (χ4n) is 2.48. The van der Waals surface area contributed by atoms with Crippen LogP contribution in [0.4, 0.5) is 4.79 Å². The zero-order valence-electron chi connectivity index (χ0n) is 16.7. The number of alkyl carbamates (subject to hydrolysis) is 1. The maximum atomic E-state index is 12.0. The van der Waals surface area contributed by atoms with Crippen molar-refractivity contribution in [3.63, 3.8) is 0 Å². The first-order chi connectivity index (χ1) is 13.3. The number of nitrogens with one attached hydrogen (secondary N) is 2. The van der Waals surface area contributed by atoms with Crippen molar-refractivity contribution in [3.8, 4) is 5.75 Å². The third kappa shape index (κ3) is 8.12. The van der Waals surface area contributed by atoms with Crippen molar-refractivity contribution < 1.29 is 19.1 Å². The van der Waals surface area contributed by atoms with Gasteiger partial charge in [0.15, 0.2) is 6.61 Å². The molecule has 0 atom stereocenters. The zero-order chi connectivity index (χ0) is 20.4. The van der Waals surface area contributed by atoms with Crippen LogP contribution in [-0.2, 0) is 16.0 Å². The van der Waals surface area contributed by atoms with E-state index in [9.17, 15) is 9.59 Å². The summed E-state index contributed by atoms with van der Waals surface area (Å²) in [6.45, 7) is 5.88. The third-order valence-electron chi connectivity index (χ3n) is 3.68. The van der Waals surface area contributed by atoms with E-state index in [1.165, 1.54) is 5.56 Å². The lowest BCUT2D eigenvalue weighted by molar-refractivity contribution is -0.123. The van der Waals surface area contributed by atoms with Crippen LogP contribution in [0.1, 0.15) is 31.9 Å². The lowest BCUT2D eigenvalue weighted by atomic mass is 10.0. The fourth-order valence-corrected chi connectivity index (χ4v) is 2.48. The first-order valence-corrected chi connectivity index (χ1v) is 9.32. The summed E-state index contributed by atoms with van der Waals surface area (Å²) in [4.78, 5) is 23.5. The summed E-state index contributed by atoms with van der Waals surface area (Å²) in [5.74, 6) is 0.439. The predicted molar refractivity (Wildman–Crippen MR) is 108 cm³/mol. The number of hydrogen-bond donors (Lipinski definition) is 2. The molecule has 150 valence electrons. The first kappa shape index (κ1) is 21.3. The number of rotatable bonds is 8. The molecule has 0 heterocycles. The van der Waals surface area contributed by atoms with Crippen LogP contribution in [0.3, 0.4) is 0 Å². The van der Waals surface area contributed by atoms with Crippen LogP contribution >= 0.6 is 0 Å². The van der Waals surface area contributed by atoms with Gasteiger partial charge < -0.3 is 20.1 Å². The average Bonchev–Trinajstić information content (AvgIpc) is 2.64. The van der Waals surface area contributed by atoms with Gasteiger partial charge in [-0.1, -0.05) is 48.5 Å². The zero-order valence-corrected chi connectivity index (χ0v) is 16.7. The number of benzene rings is 2. The lowest BCUT2D eigenvalue weighted by Crippen LogP contribution is -2.39. The Morgan fingerprint density at radius 1 is 0.893 bits per heavy atom. The molecule has 0 aliphatic carbocycles. The van der Waals surface area contributed by atoms with Crippen LogP contribution in [0, 0.1) is 0 Å². The lowest BCUT2D eigenvalue weighted by Gasteiger charge is -2.19. The molecule has 6 heteroatoms. The van der Waals surface area contributed by atoms with Gasteiger partial charge in [-0.3, -0.25) is 4.79 Å². The summed E-state index contributed by atoms with van der Waals surface area (Å²) >= 11 is 0. The fraction of sp³-hybridized carbons (Fsp3) is 0.364. The van der Waals surface area contributed by atoms with Crippen molar-refractivity contribution in [1.29, 1.82) is 0 Å². The van der Waals surface area contributed by atoms with E-state index in [0.717, 1.165) is 12.0 Å². The van der Waals surface area contributed by atoms with Gasteiger partial charge in [0.25, 0.3) is 5.91 Å². The number of para-hydroxylation sites is 1. The average molecular weight is 384 g/mol. The predicted octanol–water partition coefficient (Wildman–Crippen LogP) is 3.30. The summed E-state index contributed by atoms with van der Waals surface area (Å²) in [7, 11) is 0. The van der Waals surface area contributed by atoms with E-state index in [1.54, 1.807) is 20.8 Å². The van der Waals surface area contributed by atoms with Gasteiger partial charge in [0.05, 0.1) is 0 Å². The van der Waals surface area contributed by atoms with Crippen LogP contribution in [0.5, 0.6) is 5.75 Å². The Labute approximate surface area is 166 Å². The van der Waals surface area contributed by atoms with Gasteiger partial charge in [-0.15, -0.1) is 0 Å². The van der Waals surface area contributed by atoms with Gasteiger partial charge in [-0.2, -0.15) is 0 Å². The van der Waals surface area contributed by atoms with Crippen LogP contribution < -0.4 is 15.4 Å². The molecule has 28 heavy (non-hydrogen) atoms. The molecule has 0 spiro atoms. The Balaban J connectivity index is 1.74. The summed E-state index contributed by atoms with van der Waals surface area (Å²) < 4.78 is 10.8. The Bertz CT molecular complexity index is 770. The number of ether oxygens (including phenoxy) is 2. The molecular formula is C22H28N2O4. The molecule has 2 N–H and O–H groups in total. The van der Waals surface area contributed by atoms with Crippen LogP contribution in [0.2, 0.25) is 0 Å². The number of hydrogen-bond acceptors (Lipinski definition) is 4. The van der Waals surface area contributed by atoms with Crippen molar-refractivity contribution in [2.75, 3.05) is 19.7 Å². The first-order valence-electron chi connectivity index (χ1n) is 9.32. The van der Waals surface area contributed by atoms with E-state index in [2.05, 4.69) is 22.8 Å². The molecule has 0 saturated heterocycles. The molecular weight excluding hydrogens is 356 g/mol. The molecule has 0 bridgehead atoms. The molecule has 6 nitrogen and oxygen atoms in total. The minimum atomic E-state index is -0.547. The molecule has 2 amide bonds. The highest BCUT2D eigenvalue weighted by Crippen LogP contribution is 2.21. The molecule has 0 unspecified atom stereocenters. The normalized spacial score (nSPS) is 10.8. The highest BCUT2D eigenvalue weighted by Gasteiger charge is 2.15. The smallest absolute Gasteiger partial charge is 0.407 e.